The van der Waals surface area contributed by atoms with E-state index in [2.05, 4.69) is 15.0 Å². The normalized spacial score (nSPS) is 29.8. The number of nitrogens with two attached hydrogens (primary N) is 4. The van der Waals surface area contributed by atoms with E-state index in [9.17, 15) is 0 Å². The molecular formula is C15H30N10O. The third-order valence-electron chi connectivity index (χ3n) is 4.75. The molecule has 0 radical (unpaired) electrons. The summed E-state index contributed by atoms with van der Waals surface area (Å²) in [6.07, 6.45) is 1.57. The first-order valence-electron chi connectivity index (χ1n) is 8.91. The monoisotopic (exact) mass is 366 g/mol. The molecule has 8 N–H and O–H groups in total. The second-order valence-electron chi connectivity index (χ2n) is 7.24. The van der Waals surface area contributed by atoms with Gasteiger partial charge in [0.1, 0.15) is 0 Å². The number of piperidine rings is 2. The van der Waals surface area contributed by atoms with Crippen molar-refractivity contribution in [2.75, 3.05) is 55.2 Å². The quantitative estimate of drug-likeness (QED) is 0.420. The van der Waals surface area contributed by atoms with Gasteiger partial charge in [-0.3, -0.25) is 4.84 Å². The van der Waals surface area contributed by atoms with Crippen molar-refractivity contribution in [1.29, 1.82) is 0 Å². The van der Waals surface area contributed by atoms with Crippen LogP contribution in [0.2, 0.25) is 0 Å². The van der Waals surface area contributed by atoms with E-state index in [-0.39, 0.29) is 24.2 Å². The summed E-state index contributed by atoms with van der Waals surface area (Å²) in [7, 11) is 3.30. The molecule has 0 bridgehead atoms. The summed E-state index contributed by atoms with van der Waals surface area (Å²) in [5, 5.41) is 1.49. The van der Waals surface area contributed by atoms with Crippen molar-refractivity contribution in [3.05, 3.63) is 0 Å². The van der Waals surface area contributed by atoms with Crippen LogP contribution in [0.4, 0.5) is 17.8 Å². The Bertz CT molecular complexity index is 552. The minimum atomic E-state index is -0.0144. The van der Waals surface area contributed by atoms with Crippen LogP contribution in [-0.4, -0.2) is 79.5 Å². The van der Waals surface area contributed by atoms with Crippen LogP contribution in [0.25, 0.3) is 0 Å². The minimum absolute atomic E-state index is 0.0144. The lowest BCUT2D eigenvalue weighted by atomic mass is 10.0. The van der Waals surface area contributed by atoms with Crippen molar-refractivity contribution in [2.45, 2.75) is 37.0 Å². The van der Waals surface area contributed by atoms with Gasteiger partial charge >= 0.3 is 0 Å². The molecule has 4 unspecified atom stereocenters. The predicted octanol–water partition coefficient (Wildman–Crippen LogP) is -2.40. The summed E-state index contributed by atoms with van der Waals surface area (Å²) in [6, 6.07) is -0.0578. The number of hydroxylamine groups is 1. The third-order valence-corrected chi connectivity index (χ3v) is 4.75. The Balaban J connectivity index is 1.93. The lowest BCUT2D eigenvalue weighted by molar-refractivity contribution is 0.180. The van der Waals surface area contributed by atoms with Crippen molar-refractivity contribution < 1.29 is 4.84 Å². The Morgan fingerprint density at radius 1 is 0.808 bits per heavy atom. The van der Waals surface area contributed by atoms with Crippen LogP contribution in [0.15, 0.2) is 0 Å². The Morgan fingerprint density at radius 2 is 1.19 bits per heavy atom. The molecule has 11 nitrogen and oxygen atoms in total. The molecule has 3 rings (SSSR count). The van der Waals surface area contributed by atoms with Crippen LogP contribution in [0, 0.1) is 0 Å². The second kappa shape index (κ2) is 7.84. The lowest BCUT2D eigenvalue weighted by Crippen LogP contribution is -2.54. The van der Waals surface area contributed by atoms with Gasteiger partial charge in [-0.25, -0.2) is 5.06 Å². The van der Waals surface area contributed by atoms with Crippen molar-refractivity contribution in [1.82, 2.24) is 15.0 Å². The number of rotatable bonds is 4. The number of hydrogen-bond donors (Lipinski definition) is 4. The standard InChI is InChI=1S/C15H30N10O/c1-23(26-2)13-20-14(24-5-9(16)3-10(17)6-24)22-15(21-13)25-7-11(18)4-12(19)8-25/h9-12H,3-8,16-19H2,1-2H3. The highest BCUT2D eigenvalue weighted by atomic mass is 16.7. The summed E-state index contributed by atoms with van der Waals surface area (Å²) in [6.45, 7) is 2.58. The summed E-state index contributed by atoms with van der Waals surface area (Å²) < 4.78 is 0. The smallest absolute Gasteiger partial charge is 0.256 e. The van der Waals surface area contributed by atoms with Crippen LogP contribution in [0.1, 0.15) is 12.8 Å². The summed E-state index contributed by atoms with van der Waals surface area (Å²) in [5.74, 6) is 1.48. The zero-order valence-electron chi connectivity index (χ0n) is 15.5. The molecular weight excluding hydrogens is 336 g/mol. The van der Waals surface area contributed by atoms with Crippen LogP contribution < -0.4 is 37.8 Å². The fraction of sp³-hybridized carbons (Fsp3) is 0.800. The van der Waals surface area contributed by atoms with E-state index in [0.717, 1.165) is 12.8 Å². The van der Waals surface area contributed by atoms with E-state index >= 15 is 0 Å². The molecule has 146 valence electrons. The number of hydrogen-bond acceptors (Lipinski definition) is 11. The van der Waals surface area contributed by atoms with Crippen molar-refractivity contribution in [2.24, 2.45) is 22.9 Å². The molecule has 2 fully saturated rings. The zero-order valence-corrected chi connectivity index (χ0v) is 15.5. The molecule has 2 aliphatic rings. The van der Waals surface area contributed by atoms with E-state index in [1.165, 1.54) is 5.06 Å². The van der Waals surface area contributed by atoms with Crippen molar-refractivity contribution in [3.63, 3.8) is 0 Å². The highest BCUT2D eigenvalue weighted by Gasteiger charge is 2.29. The van der Waals surface area contributed by atoms with Gasteiger partial charge in [-0.2, -0.15) is 15.0 Å². The fourth-order valence-electron chi connectivity index (χ4n) is 3.53. The van der Waals surface area contributed by atoms with Crippen LogP contribution in [0.5, 0.6) is 0 Å². The van der Waals surface area contributed by atoms with Gasteiger partial charge in [0.05, 0.1) is 7.11 Å². The maximum absolute atomic E-state index is 6.12. The van der Waals surface area contributed by atoms with Crippen LogP contribution in [0.3, 0.4) is 0 Å². The maximum atomic E-state index is 6.12. The summed E-state index contributed by atoms with van der Waals surface area (Å²) in [4.78, 5) is 23.0. The molecule has 1 aromatic rings. The topological polar surface area (TPSA) is 162 Å². The molecule has 4 atom stereocenters. The maximum Gasteiger partial charge on any atom is 0.256 e. The predicted molar refractivity (Wildman–Crippen MR) is 101 cm³/mol. The molecule has 0 aliphatic carbocycles. The van der Waals surface area contributed by atoms with E-state index in [0.29, 0.717) is 44.0 Å². The number of nitrogens with zero attached hydrogens (tertiary/aromatic N) is 6. The van der Waals surface area contributed by atoms with Gasteiger partial charge in [-0.15, -0.1) is 0 Å². The highest BCUT2D eigenvalue weighted by molar-refractivity contribution is 5.46. The van der Waals surface area contributed by atoms with Gasteiger partial charge in [-0.1, -0.05) is 0 Å². The highest BCUT2D eigenvalue weighted by Crippen LogP contribution is 2.23. The van der Waals surface area contributed by atoms with Crippen molar-refractivity contribution >= 4 is 17.8 Å². The van der Waals surface area contributed by atoms with E-state index in [1.807, 2.05) is 9.80 Å². The van der Waals surface area contributed by atoms with Gasteiger partial charge in [0.15, 0.2) is 0 Å². The summed E-state index contributed by atoms with van der Waals surface area (Å²) >= 11 is 0. The molecule has 11 heteroatoms. The van der Waals surface area contributed by atoms with Gasteiger partial charge in [0.25, 0.3) is 5.95 Å². The van der Waals surface area contributed by atoms with Crippen LogP contribution in [-0.2, 0) is 4.84 Å². The summed E-state index contributed by atoms with van der Waals surface area (Å²) in [5.41, 5.74) is 24.5. The third kappa shape index (κ3) is 4.30. The average Bonchev–Trinajstić information content (AvgIpc) is 2.59. The van der Waals surface area contributed by atoms with E-state index in [4.69, 9.17) is 27.8 Å². The van der Waals surface area contributed by atoms with Crippen molar-refractivity contribution in [3.8, 4) is 0 Å². The Labute approximate surface area is 153 Å². The van der Waals surface area contributed by atoms with Crippen LogP contribution >= 0.6 is 0 Å². The van der Waals surface area contributed by atoms with E-state index < -0.39 is 0 Å². The fourth-order valence-corrected chi connectivity index (χ4v) is 3.53. The van der Waals surface area contributed by atoms with Gasteiger partial charge in [-0.05, 0) is 12.8 Å². The molecule has 1 aromatic heterocycles. The van der Waals surface area contributed by atoms with E-state index in [1.54, 1.807) is 14.2 Å². The Kier molecular flexibility index (Phi) is 5.73. The van der Waals surface area contributed by atoms with Gasteiger partial charge in [0.2, 0.25) is 11.9 Å². The molecule has 0 amide bonds. The average molecular weight is 366 g/mol. The van der Waals surface area contributed by atoms with Gasteiger partial charge in [0, 0.05) is 57.4 Å². The first kappa shape index (κ1) is 19.0. The molecule has 2 aliphatic heterocycles. The zero-order chi connectivity index (χ0) is 18.8. The lowest BCUT2D eigenvalue weighted by Gasteiger charge is -2.37. The Morgan fingerprint density at radius 3 is 1.54 bits per heavy atom. The molecule has 2 saturated heterocycles. The first-order valence-corrected chi connectivity index (χ1v) is 8.91. The Hall–Kier alpha value is -1.79. The number of anilines is 3. The molecule has 0 aromatic carbocycles. The van der Waals surface area contributed by atoms with Gasteiger partial charge < -0.3 is 32.7 Å². The minimum Gasteiger partial charge on any atom is -0.338 e. The SMILES string of the molecule is CON(C)c1nc(N2CC(N)CC(N)C2)nc(N2CC(N)CC(N)C2)n1. The molecule has 0 spiro atoms. The molecule has 0 saturated carbocycles. The largest absolute Gasteiger partial charge is 0.338 e. The molecule has 3 heterocycles. The second-order valence-corrected chi connectivity index (χ2v) is 7.24. The number of aromatic nitrogens is 3. The molecule has 26 heavy (non-hydrogen) atoms. The first-order chi connectivity index (χ1) is 12.4.